The van der Waals surface area contributed by atoms with Gasteiger partial charge >= 0.3 is 0 Å². The van der Waals surface area contributed by atoms with Crippen molar-refractivity contribution in [2.45, 2.75) is 6.54 Å². The van der Waals surface area contributed by atoms with Crippen molar-refractivity contribution in [3.63, 3.8) is 0 Å². The number of nitrogens with zero attached hydrogens (tertiary/aromatic N) is 1. The summed E-state index contributed by atoms with van der Waals surface area (Å²) in [6.45, 7) is 5.26. The van der Waals surface area contributed by atoms with E-state index in [1.807, 2.05) is 12.3 Å². The zero-order valence-electron chi connectivity index (χ0n) is 6.01. The third-order valence-electron chi connectivity index (χ3n) is 1.09. The van der Waals surface area contributed by atoms with E-state index < -0.39 is 0 Å². The molecule has 2 nitrogen and oxygen atoms in total. The first kappa shape index (κ1) is 8.90. The number of nitrogens with one attached hydrogen (secondary N) is 1. The second-order valence-electron chi connectivity index (χ2n) is 1.98. The fraction of sp³-hybridized carbons (Fsp3) is 0.286. The molecule has 1 N–H and O–H groups in total. The predicted octanol–water partition coefficient (Wildman–Crippen LogP) is 2.18. The molecular weight excluding hydrogens is 224 g/mol. The highest BCUT2D eigenvalue weighted by molar-refractivity contribution is 9.11. The van der Waals surface area contributed by atoms with Crippen molar-refractivity contribution in [3.05, 3.63) is 27.6 Å². The van der Waals surface area contributed by atoms with Gasteiger partial charge in [-0.3, -0.25) is 0 Å². The molecule has 4 heteroatoms. The van der Waals surface area contributed by atoms with Gasteiger partial charge in [0.15, 0.2) is 0 Å². The average Bonchev–Trinajstić information content (AvgIpc) is 2.37. The summed E-state index contributed by atoms with van der Waals surface area (Å²) in [5.74, 6) is 0. The van der Waals surface area contributed by atoms with Crippen molar-refractivity contribution >= 4 is 27.3 Å². The number of rotatable bonds is 4. The second kappa shape index (κ2) is 4.64. The van der Waals surface area contributed by atoms with Crippen LogP contribution in [-0.2, 0) is 6.54 Å². The summed E-state index contributed by atoms with van der Waals surface area (Å²) < 4.78 is 1.08. The van der Waals surface area contributed by atoms with E-state index in [4.69, 9.17) is 0 Å². The number of thiazole rings is 1. The lowest BCUT2D eigenvalue weighted by Gasteiger charge is -1.94. The summed E-state index contributed by atoms with van der Waals surface area (Å²) >= 11 is 5.00. The molecule has 0 aliphatic rings. The summed E-state index contributed by atoms with van der Waals surface area (Å²) in [6.07, 6.45) is 3.65. The molecule has 1 heterocycles. The van der Waals surface area contributed by atoms with Crippen molar-refractivity contribution in [1.29, 1.82) is 0 Å². The molecule has 0 aromatic carbocycles. The van der Waals surface area contributed by atoms with Gasteiger partial charge in [-0.1, -0.05) is 6.08 Å². The van der Waals surface area contributed by atoms with Gasteiger partial charge in [-0.05, 0) is 15.9 Å². The summed E-state index contributed by atoms with van der Waals surface area (Å²) in [6, 6.07) is 0. The van der Waals surface area contributed by atoms with E-state index >= 15 is 0 Å². The van der Waals surface area contributed by atoms with Crippen LogP contribution in [0.2, 0.25) is 0 Å². The van der Waals surface area contributed by atoms with Gasteiger partial charge in [-0.2, -0.15) is 0 Å². The van der Waals surface area contributed by atoms with E-state index in [0.29, 0.717) is 0 Å². The number of hydrogen-bond acceptors (Lipinski definition) is 3. The standard InChI is InChI=1S/C7H9BrN2S/c1-2-3-9-5-7-10-4-6(8)11-7/h2,4,9H,1,3,5H2. The Hall–Kier alpha value is -0.190. The van der Waals surface area contributed by atoms with E-state index in [1.165, 1.54) is 0 Å². The van der Waals surface area contributed by atoms with Crippen LogP contribution in [0.1, 0.15) is 5.01 Å². The molecule has 0 aliphatic heterocycles. The van der Waals surface area contributed by atoms with E-state index in [2.05, 4.69) is 32.8 Å². The van der Waals surface area contributed by atoms with Crippen LogP contribution < -0.4 is 5.32 Å². The van der Waals surface area contributed by atoms with E-state index in [-0.39, 0.29) is 0 Å². The molecule has 0 spiro atoms. The number of hydrogen-bond donors (Lipinski definition) is 1. The summed E-state index contributed by atoms with van der Waals surface area (Å²) in [5, 5.41) is 4.27. The quantitative estimate of drug-likeness (QED) is 0.636. The minimum atomic E-state index is 0.822. The highest BCUT2D eigenvalue weighted by atomic mass is 79.9. The molecule has 0 fully saturated rings. The van der Waals surface area contributed by atoms with Gasteiger partial charge < -0.3 is 5.32 Å². The normalized spacial score (nSPS) is 9.91. The Kier molecular flexibility index (Phi) is 3.76. The van der Waals surface area contributed by atoms with Crippen LogP contribution in [0.15, 0.2) is 22.6 Å². The Bertz CT molecular complexity index is 234. The lowest BCUT2D eigenvalue weighted by Crippen LogP contribution is -2.11. The SMILES string of the molecule is C=CCNCc1ncc(Br)s1. The topological polar surface area (TPSA) is 24.9 Å². The van der Waals surface area contributed by atoms with Crippen LogP contribution in [0.5, 0.6) is 0 Å². The first-order chi connectivity index (χ1) is 5.33. The average molecular weight is 233 g/mol. The first-order valence-corrected chi connectivity index (χ1v) is 4.85. The maximum Gasteiger partial charge on any atom is 0.107 e. The predicted molar refractivity (Wildman–Crippen MR) is 51.7 cm³/mol. The Morgan fingerprint density at radius 1 is 1.82 bits per heavy atom. The molecule has 0 bridgehead atoms. The third kappa shape index (κ3) is 3.14. The van der Waals surface area contributed by atoms with Crippen LogP contribution in [0.3, 0.4) is 0 Å². The van der Waals surface area contributed by atoms with Gasteiger partial charge in [0.2, 0.25) is 0 Å². The van der Waals surface area contributed by atoms with E-state index in [0.717, 1.165) is 21.9 Å². The van der Waals surface area contributed by atoms with Crippen molar-refractivity contribution in [2.75, 3.05) is 6.54 Å². The maximum atomic E-state index is 4.16. The lowest BCUT2D eigenvalue weighted by molar-refractivity contribution is 0.755. The van der Waals surface area contributed by atoms with Gasteiger partial charge in [0.25, 0.3) is 0 Å². The fourth-order valence-electron chi connectivity index (χ4n) is 0.651. The van der Waals surface area contributed by atoms with Crippen LogP contribution >= 0.6 is 27.3 Å². The van der Waals surface area contributed by atoms with E-state index in [9.17, 15) is 0 Å². The lowest BCUT2D eigenvalue weighted by atomic mass is 10.6. The maximum absolute atomic E-state index is 4.16. The Balaban J connectivity index is 2.32. The molecule has 0 radical (unpaired) electrons. The van der Waals surface area contributed by atoms with Crippen molar-refractivity contribution in [3.8, 4) is 0 Å². The van der Waals surface area contributed by atoms with Crippen LogP contribution in [0.25, 0.3) is 0 Å². The van der Waals surface area contributed by atoms with Crippen molar-refractivity contribution in [1.82, 2.24) is 10.3 Å². The first-order valence-electron chi connectivity index (χ1n) is 3.24. The van der Waals surface area contributed by atoms with Gasteiger partial charge in [0, 0.05) is 13.1 Å². The van der Waals surface area contributed by atoms with Crippen LogP contribution in [0.4, 0.5) is 0 Å². The molecule has 0 amide bonds. The third-order valence-corrected chi connectivity index (χ3v) is 2.57. The zero-order chi connectivity index (χ0) is 8.10. The summed E-state index contributed by atoms with van der Waals surface area (Å²) in [4.78, 5) is 4.16. The van der Waals surface area contributed by atoms with E-state index in [1.54, 1.807) is 11.3 Å². The largest absolute Gasteiger partial charge is 0.307 e. The molecule has 0 unspecified atom stereocenters. The molecule has 0 atom stereocenters. The van der Waals surface area contributed by atoms with Gasteiger partial charge in [0.05, 0.1) is 9.98 Å². The molecule has 11 heavy (non-hydrogen) atoms. The number of halogens is 1. The minimum Gasteiger partial charge on any atom is -0.307 e. The van der Waals surface area contributed by atoms with Crippen LogP contribution in [0, 0.1) is 0 Å². The van der Waals surface area contributed by atoms with Gasteiger partial charge in [-0.25, -0.2) is 4.98 Å². The highest BCUT2D eigenvalue weighted by Gasteiger charge is 1.96. The molecule has 0 saturated carbocycles. The smallest absolute Gasteiger partial charge is 0.107 e. The highest BCUT2D eigenvalue weighted by Crippen LogP contribution is 2.18. The molecule has 60 valence electrons. The zero-order valence-corrected chi connectivity index (χ0v) is 8.41. The Morgan fingerprint density at radius 3 is 3.18 bits per heavy atom. The summed E-state index contributed by atoms with van der Waals surface area (Å²) in [5.41, 5.74) is 0. The number of aromatic nitrogens is 1. The van der Waals surface area contributed by atoms with Crippen molar-refractivity contribution < 1.29 is 0 Å². The molecule has 1 rings (SSSR count). The second-order valence-corrected chi connectivity index (χ2v) is 4.47. The Labute approximate surface area is 78.5 Å². The van der Waals surface area contributed by atoms with Crippen LogP contribution in [-0.4, -0.2) is 11.5 Å². The molecule has 0 saturated heterocycles. The van der Waals surface area contributed by atoms with Gasteiger partial charge in [-0.15, -0.1) is 17.9 Å². The fourth-order valence-corrected chi connectivity index (χ4v) is 1.92. The molecule has 1 aromatic rings. The van der Waals surface area contributed by atoms with Crippen molar-refractivity contribution in [2.24, 2.45) is 0 Å². The molecule has 1 aromatic heterocycles. The minimum absolute atomic E-state index is 0.822. The Morgan fingerprint density at radius 2 is 2.64 bits per heavy atom. The van der Waals surface area contributed by atoms with Gasteiger partial charge in [0.1, 0.15) is 5.01 Å². The molecular formula is C7H9BrN2S. The summed E-state index contributed by atoms with van der Waals surface area (Å²) in [7, 11) is 0. The molecule has 0 aliphatic carbocycles. The monoisotopic (exact) mass is 232 g/mol.